The predicted octanol–water partition coefficient (Wildman–Crippen LogP) is 5.97. The predicted molar refractivity (Wildman–Crippen MR) is 134 cm³/mol. The van der Waals surface area contributed by atoms with Gasteiger partial charge >= 0.3 is 5.97 Å². The van der Waals surface area contributed by atoms with Gasteiger partial charge in [-0.15, -0.1) is 0 Å². The molecule has 0 amide bonds. The van der Waals surface area contributed by atoms with Crippen molar-refractivity contribution in [3.8, 4) is 0 Å². The van der Waals surface area contributed by atoms with Gasteiger partial charge in [-0.25, -0.2) is 4.79 Å². The molecule has 2 saturated carbocycles. The molecule has 190 valence electrons. The number of cyclic esters (lactones) is 1. The van der Waals surface area contributed by atoms with Gasteiger partial charge in [-0.1, -0.05) is 52.7 Å². The van der Waals surface area contributed by atoms with Crippen molar-refractivity contribution in [3.63, 3.8) is 0 Å². The first-order valence-electron chi connectivity index (χ1n) is 13.8. The summed E-state index contributed by atoms with van der Waals surface area (Å²) in [5.41, 5.74) is 4.41. The van der Waals surface area contributed by atoms with Crippen LogP contribution in [0.15, 0.2) is 22.8 Å². The largest absolute Gasteiger partial charge is 0.456 e. The number of fused-ring (bicyclic) bond motifs is 4. The SMILES string of the molecule is CC1=C[C@H](O)[C@@H]([C@@H](C)[C@H]2CC[C@@]3(C)C4=C(CC[C@]23C)[C@@]2(C)CC[C@H](O)C(C)(C)[C@@H]2CC4)OC1=O. The Hall–Kier alpha value is -1.13. The van der Waals surface area contributed by atoms with Crippen LogP contribution < -0.4 is 0 Å². The summed E-state index contributed by atoms with van der Waals surface area (Å²) in [6, 6.07) is 0. The molecule has 0 spiro atoms. The number of aliphatic hydroxyl groups excluding tert-OH is 2. The van der Waals surface area contributed by atoms with Crippen LogP contribution in [-0.2, 0) is 9.53 Å². The van der Waals surface area contributed by atoms with E-state index < -0.39 is 12.2 Å². The second-order valence-electron chi connectivity index (χ2n) is 13.8. The van der Waals surface area contributed by atoms with Crippen molar-refractivity contribution < 1.29 is 19.7 Å². The van der Waals surface area contributed by atoms with Crippen LogP contribution in [-0.4, -0.2) is 34.5 Å². The molecule has 0 aromatic rings. The number of aliphatic hydroxyl groups is 2. The van der Waals surface area contributed by atoms with E-state index >= 15 is 0 Å². The summed E-state index contributed by atoms with van der Waals surface area (Å²) in [6.07, 6.45) is 9.26. The Balaban J connectivity index is 1.49. The number of rotatable bonds is 2. The van der Waals surface area contributed by atoms with Gasteiger partial charge in [0, 0.05) is 5.57 Å². The van der Waals surface area contributed by atoms with Crippen LogP contribution in [0.25, 0.3) is 0 Å². The minimum Gasteiger partial charge on any atom is -0.456 e. The molecule has 0 unspecified atom stereocenters. The minimum absolute atomic E-state index is 0.0352. The van der Waals surface area contributed by atoms with Crippen LogP contribution in [0.5, 0.6) is 0 Å². The van der Waals surface area contributed by atoms with Crippen molar-refractivity contribution in [1.82, 2.24) is 0 Å². The lowest BCUT2D eigenvalue weighted by Gasteiger charge is -2.62. The number of carbonyl (C=O) groups is 1. The first kappa shape index (κ1) is 24.6. The number of carbonyl (C=O) groups excluding carboxylic acids is 1. The van der Waals surface area contributed by atoms with Gasteiger partial charge in [-0.2, -0.15) is 0 Å². The lowest BCUT2D eigenvalue weighted by atomic mass is 9.43. The van der Waals surface area contributed by atoms with Crippen LogP contribution in [0.2, 0.25) is 0 Å². The maximum atomic E-state index is 12.3. The van der Waals surface area contributed by atoms with Gasteiger partial charge in [0.2, 0.25) is 0 Å². The zero-order valence-electron chi connectivity index (χ0n) is 22.4. The van der Waals surface area contributed by atoms with E-state index in [4.69, 9.17) is 4.74 Å². The van der Waals surface area contributed by atoms with Gasteiger partial charge in [-0.05, 0) is 104 Å². The van der Waals surface area contributed by atoms with Crippen LogP contribution in [0.4, 0.5) is 0 Å². The maximum absolute atomic E-state index is 12.3. The summed E-state index contributed by atoms with van der Waals surface area (Å²) >= 11 is 0. The van der Waals surface area contributed by atoms with Crippen molar-refractivity contribution in [2.45, 2.75) is 118 Å². The highest BCUT2D eigenvalue weighted by Gasteiger charge is 2.64. The first-order chi connectivity index (χ1) is 15.8. The molecule has 4 heteroatoms. The zero-order chi connectivity index (χ0) is 24.8. The third-order valence-electron chi connectivity index (χ3n) is 12.3. The topological polar surface area (TPSA) is 66.8 Å². The normalized spacial score (nSPS) is 48.9. The minimum atomic E-state index is -0.716. The van der Waals surface area contributed by atoms with Gasteiger partial charge in [0.1, 0.15) is 12.2 Å². The van der Waals surface area contributed by atoms with Gasteiger partial charge in [0.05, 0.1) is 6.10 Å². The molecule has 2 fully saturated rings. The Kier molecular flexibility index (Phi) is 5.55. The van der Waals surface area contributed by atoms with Gasteiger partial charge in [-0.3, -0.25) is 0 Å². The number of hydrogen-bond donors (Lipinski definition) is 2. The Morgan fingerprint density at radius 1 is 0.971 bits per heavy atom. The number of ether oxygens (including phenoxy) is 1. The maximum Gasteiger partial charge on any atom is 0.333 e. The standard InChI is InChI=1S/C30H46O4/c1-17-16-22(31)25(34-26(17)33)18(2)19-10-14-30(7)21-8-9-23-27(3,4)24(32)12-13-28(23,5)20(21)11-15-29(19,30)6/h16,18-19,22-25,31-32H,8-15H2,1-7H3/t18-,19+,22-,23-,24-,25+,28+,29+,30-/m0/s1. The quantitative estimate of drug-likeness (QED) is 0.386. The fraction of sp³-hybridized carbons (Fsp3) is 0.833. The molecule has 0 bridgehead atoms. The van der Waals surface area contributed by atoms with Crippen molar-refractivity contribution in [3.05, 3.63) is 22.8 Å². The van der Waals surface area contributed by atoms with Crippen molar-refractivity contribution >= 4 is 5.97 Å². The average Bonchev–Trinajstić information content (AvgIpc) is 3.05. The van der Waals surface area contributed by atoms with E-state index in [2.05, 4.69) is 41.5 Å². The summed E-state index contributed by atoms with van der Waals surface area (Å²) in [7, 11) is 0. The molecule has 34 heavy (non-hydrogen) atoms. The molecule has 5 rings (SSSR count). The fourth-order valence-corrected chi connectivity index (χ4v) is 9.91. The molecule has 0 aromatic carbocycles. The van der Waals surface area contributed by atoms with Crippen molar-refractivity contribution in [1.29, 1.82) is 0 Å². The molecule has 0 radical (unpaired) electrons. The molecular formula is C30H46O4. The van der Waals surface area contributed by atoms with Crippen molar-refractivity contribution in [2.75, 3.05) is 0 Å². The first-order valence-corrected chi connectivity index (χ1v) is 13.8. The van der Waals surface area contributed by atoms with Crippen LogP contribution in [0.3, 0.4) is 0 Å². The Bertz CT molecular complexity index is 945. The molecule has 9 atom stereocenters. The Labute approximate surface area is 206 Å². The average molecular weight is 471 g/mol. The highest BCUT2D eigenvalue weighted by atomic mass is 16.6. The molecule has 1 heterocycles. The van der Waals surface area contributed by atoms with E-state index in [1.54, 1.807) is 24.1 Å². The Morgan fingerprint density at radius 3 is 2.38 bits per heavy atom. The molecule has 5 aliphatic rings. The third kappa shape index (κ3) is 3.06. The number of allylic oxidation sites excluding steroid dienone is 2. The third-order valence-corrected chi connectivity index (χ3v) is 12.3. The molecule has 2 N–H and O–H groups in total. The van der Waals surface area contributed by atoms with E-state index in [1.165, 1.54) is 12.8 Å². The van der Waals surface area contributed by atoms with E-state index in [9.17, 15) is 15.0 Å². The summed E-state index contributed by atoms with van der Waals surface area (Å²) in [4.78, 5) is 12.3. The number of hydrogen-bond acceptors (Lipinski definition) is 4. The second-order valence-corrected chi connectivity index (χ2v) is 13.8. The molecule has 4 aliphatic carbocycles. The van der Waals surface area contributed by atoms with Crippen LogP contribution >= 0.6 is 0 Å². The summed E-state index contributed by atoms with van der Waals surface area (Å²) < 4.78 is 5.78. The molecule has 0 aromatic heterocycles. The molecular weight excluding hydrogens is 424 g/mol. The summed E-state index contributed by atoms with van der Waals surface area (Å²) in [5.74, 6) is 0.794. The van der Waals surface area contributed by atoms with E-state index in [0.29, 0.717) is 17.4 Å². The smallest absolute Gasteiger partial charge is 0.333 e. The molecule has 4 nitrogen and oxygen atoms in total. The van der Waals surface area contributed by atoms with Crippen LogP contribution in [0, 0.1) is 39.4 Å². The molecule has 0 saturated heterocycles. The summed E-state index contributed by atoms with van der Waals surface area (Å²) in [6.45, 7) is 16.0. The van der Waals surface area contributed by atoms with E-state index in [1.807, 2.05) is 0 Å². The second kappa shape index (κ2) is 7.68. The zero-order valence-corrected chi connectivity index (χ0v) is 22.4. The van der Waals surface area contributed by atoms with Crippen LogP contribution in [0.1, 0.15) is 99.8 Å². The van der Waals surface area contributed by atoms with E-state index in [0.717, 1.165) is 38.5 Å². The lowest BCUT2D eigenvalue weighted by Crippen LogP contribution is -2.55. The van der Waals surface area contributed by atoms with Gasteiger partial charge in [0.15, 0.2) is 0 Å². The van der Waals surface area contributed by atoms with Gasteiger partial charge in [0.25, 0.3) is 0 Å². The molecule has 1 aliphatic heterocycles. The Morgan fingerprint density at radius 2 is 1.68 bits per heavy atom. The van der Waals surface area contributed by atoms with Gasteiger partial charge < -0.3 is 14.9 Å². The monoisotopic (exact) mass is 470 g/mol. The highest BCUT2D eigenvalue weighted by molar-refractivity contribution is 5.88. The fourth-order valence-electron chi connectivity index (χ4n) is 9.91. The highest BCUT2D eigenvalue weighted by Crippen LogP contribution is 2.72. The van der Waals surface area contributed by atoms with E-state index in [-0.39, 0.29) is 39.7 Å². The van der Waals surface area contributed by atoms with Crippen molar-refractivity contribution in [2.24, 2.45) is 39.4 Å². The number of esters is 1. The summed E-state index contributed by atoms with van der Waals surface area (Å²) in [5, 5.41) is 21.6. The lowest BCUT2D eigenvalue weighted by molar-refractivity contribution is -0.159.